The minimum atomic E-state index is -3.23. The number of H-pyrrole nitrogens is 1. The third kappa shape index (κ3) is 6.56. The first-order valence-corrected chi connectivity index (χ1v) is 17.5. The SMILES string of the molecule is CCN(CC)CCNC(=O)c1cccc(-n2c(C)cc(-c3nc4ncc(Br)c(N[C@H]5CCN(S(=O)(=O)CC)C5)c4[nH]3)c2C)c1. The van der Waals surface area contributed by atoms with Gasteiger partial charge in [0, 0.05) is 66.6 Å². The number of amides is 1. The number of halogens is 1. The van der Waals surface area contributed by atoms with Crippen LogP contribution in [0.15, 0.2) is 41.0 Å². The van der Waals surface area contributed by atoms with Crippen molar-refractivity contribution >= 4 is 48.7 Å². The maximum atomic E-state index is 12.9. The number of nitrogens with one attached hydrogen (secondary N) is 3. The van der Waals surface area contributed by atoms with E-state index < -0.39 is 10.0 Å². The standard InChI is InChI=1S/C31H41BrN8O3S/c1-6-38(7-2)15-13-33-31(41)22-10-9-11-24(17-22)40-20(4)16-25(21(40)5)29-36-28-27(26(32)18-34-30(28)37-29)35-23-12-14-39(19-23)44(42,43)8-3/h9-11,16-18,23H,6-8,12-15,19H2,1-5H3,(H,33,41)(H2,34,35,36,37)/t23-/m0/s1. The van der Waals surface area contributed by atoms with Gasteiger partial charge in [0.1, 0.15) is 11.3 Å². The molecule has 1 fully saturated rings. The van der Waals surface area contributed by atoms with Crippen LogP contribution in [0, 0.1) is 13.8 Å². The zero-order valence-corrected chi connectivity index (χ0v) is 28.3. The Hall–Kier alpha value is -3.26. The minimum absolute atomic E-state index is 0.0308. The van der Waals surface area contributed by atoms with Gasteiger partial charge in [-0.3, -0.25) is 4.79 Å². The second-order valence-corrected chi connectivity index (χ2v) is 14.2. The van der Waals surface area contributed by atoms with Gasteiger partial charge in [0.25, 0.3) is 5.91 Å². The van der Waals surface area contributed by atoms with Gasteiger partial charge in [0.15, 0.2) is 5.65 Å². The Morgan fingerprint density at radius 3 is 2.68 bits per heavy atom. The van der Waals surface area contributed by atoms with Gasteiger partial charge in [0.2, 0.25) is 10.0 Å². The van der Waals surface area contributed by atoms with Gasteiger partial charge in [-0.05, 0) is 80.5 Å². The van der Waals surface area contributed by atoms with Crippen molar-refractivity contribution in [1.29, 1.82) is 0 Å². The number of aromatic amines is 1. The van der Waals surface area contributed by atoms with E-state index in [9.17, 15) is 13.2 Å². The van der Waals surface area contributed by atoms with Crippen molar-refractivity contribution in [3.63, 3.8) is 0 Å². The number of aryl methyl sites for hydroxylation is 1. The summed E-state index contributed by atoms with van der Waals surface area (Å²) in [7, 11) is -3.23. The number of nitrogens with zero attached hydrogens (tertiary/aromatic N) is 5. The summed E-state index contributed by atoms with van der Waals surface area (Å²) in [5.41, 5.74) is 6.55. The van der Waals surface area contributed by atoms with E-state index in [-0.39, 0.29) is 17.7 Å². The number of hydrogen-bond acceptors (Lipinski definition) is 7. The van der Waals surface area contributed by atoms with Gasteiger partial charge in [0.05, 0.1) is 15.9 Å². The topological polar surface area (TPSA) is 128 Å². The zero-order chi connectivity index (χ0) is 31.6. The molecule has 4 aromatic rings. The number of pyridine rings is 1. The van der Waals surface area contributed by atoms with Gasteiger partial charge >= 0.3 is 0 Å². The molecule has 1 atom stereocenters. The highest BCUT2D eigenvalue weighted by Crippen LogP contribution is 2.34. The fraction of sp³-hybridized carbons (Fsp3) is 0.452. The monoisotopic (exact) mass is 684 g/mol. The molecule has 1 aromatic carbocycles. The number of carbonyl (C=O) groups is 1. The minimum Gasteiger partial charge on any atom is -0.378 e. The maximum Gasteiger partial charge on any atom is 0.251 e. The van der Waals surface area contributed by atoms with Gasteiger partial charge in [-0.25, -0.2) is 18.4 Å². The summed E-state index contributed by atoms with van der Waals surface area (Å²) < 4.78 is 29.2. The first kappa shape index (κ1) is 32.1. The Kier molecular flexibility index (Phi) is 9.78. The molecule has 1 aliphatic heterocycles. The molecule has 11 nitrogen and oxygen atoms in total. The normalized spacial score (nSPS) is 15.8. The molecule has 1 saturated heterocycles. The van der Waals surface area contributed by atoms with Crippen molar-refractivity contribution in [2.45, 2.75) is 47.1 Å². The number of hydrogen-bond donors (Lipinski definition) is 3. The average Bonchev–Trinajstić information content (AvgIpc) is 3.74. The summed E-state index contributed by atoms with van der Waals surface area (Å²) in [5.74, 6) is 0.688. The highest BCUT2D eigenvalue weighted by molar-refractivity contribution is 9.10. The van der Waals surface area contributed by atoms with E-state index in [1.807, 2.05) is 38.1 Å². The van der Waals surface area contributed by atoms with Crippen LogP contribution in [-0.2, 0) is 10.0 Å². The van der Waals surface area contributed by atoms with Crippen molar-refractivity contribution in [2.75, 3.05) is 50.3 Å². The van der Waals surface area contributed by atoms with Crippen molar-refractivity contribution in [3.8, 4) is 17.1 Å². The van der Waals surface area contributed by atoms with Crippen LogP contribution >= 0.6 is 15.9 Å². The molecule has 0 unspecified atom stereocenters. The Bertz CT molecular complexity index is 1760. The molecule has 236 valence electrons. The lowest BCUT2D eigenvalue weighted by Gasteiger charge is -2.18. The molecule has 4 heterocycles. The first-order chi connectivity index (χ1) is 21.1. The van der Waals surface area contributed by atoms with E-state index in [1.165, 1.54) is 0 Å². The molecule has 1 aliphatic rings. The number of aromatic nitrogens is 4. The number of fused-ring (bicyclic) bond motifs is 1. The molecular weight excluding hydrogens is 644 g/mol. The third-order valence-corrected chi connectivity index (χ3v) is 10.8. The molecule has 3 N–H and O–H groups in total. The Labute approximate surface area is 267 Å². The first-order valence-electron chi connectivity index (χ1n) is 15.1. The van der Waals surface area contributed by atoms with Crippen molar-refractivity contribution in [1.82, 2.24) is 34.0 Å². The smallest absolute Gasteiger partial charge is 0.251 e. The summed E-state index contributed by atoms with van der Waals surface area (Å²) >= 11 is 3.62. The summed E-state index contributed by atoms with van der Waals surface area (Å²) in [6.07, 6.45) is 2.43. The fourth-order valence-electron chi connectivity index (χ4n) is 5.84. The molecule has 0 saturated carbocycles. The second kappa shape index (κ2) is 13.4. The lowest BCUT2D eigenvalue weighted by atomic mass is 10.1. The average molecular weight is 686 g/mol. The number of imidazole rings is 1. The third-order valence-electron chi connectivity index (χ3n) is 8.39. The molecule has 13 heteroatoms. The molecule has 0 bridgehead atoms. The number of likely N-dealkylation sites (N-methyl/N-ethyl adjacent to an activating group) is 1. The number of anilines is 1. The Morgan fingerprint density at radius 1 is 1.18 bits per heavy atom. The van der Waals surface area contributed by atoms with Crippen LogP contribution in [0.3, 0.4) is 0 Å². The summed E-state index contributed by atoms with van der Waals surface area (Å²) in [6.45, 7) is 14.2. The van der Waals surface area contributed by atoms with E-state index in [1.54, 1.807) is 17.4 Å². The van der Waals surface area contributed by atoms with Gasteiger partial charge in [-0.1, -0.05) is 19.9 Å². The fourth-order valence-corrected chi connectivity index (χ4v) is 7.41. The summed E-state index contributed by atoms with van der Waals surface area (Å²) in [4.78, 5) is 28.1. The molecule has 5 rings (SSSR count). The van der Waals surface area contributed by atoms with Crippen molar-refractivity contribution in [2.24, 2.45) is 0 Å². The number of sulfonamides is 1. The highest BCUT2D eigenvalue weighted by Gasteiger charge is 2.31. The molecule has 3 aromatic heterocycles. The largest absolute Gasteiger partial charge is 0.378 e. The van der Waals surface area contributed by atoms with E-state index in [2.05, 4.69) is 65.9 Å². The maximum absolute atomic E-state index is 12.9. The van der Waals surface area contributed by atoms with Gasteiger partial charge < -0.3 is 25.1 Å². The lowest BCUT2D eigenvalue weighted by molar-refractivity contribution is 0.0949. The number of benzene rings is 1. The molecular formula is C31H41BrN8O3S. The molecule has 0 spiro atoms. The van der Waals surface area contributed by atoms with E-state index in [0.29, 0.717) is 43.1 Å². The summed E-state index contributed by atoms with van der Waals surface area (Å²) in [6, 6.07) is 9.71. The predicted molar refractivity (Wildman–Crippen MR) is 179 cm³/mol. The van der Waals surface area contributed by atoms with Crippen LogP contribution < -0.4 is 10.6 Å². The van der Waals surface area contributed by atoms with Crippen LogP contribution in [-0.4, -0.2) is 94.1 Å². The Morgan fingerprint density at radius 2 is 1.95 bits per heavy atom. The molecule has 44 heavy (non-hydrogen) atoms. The molecule has 0 aliphatic carbocycles. The number of carbonyl (C=O) groups excluding carboxylic acids is 1. The predicted octanol–water partition coefficient (Wildman–Crippen LogP) is 4.70. The van der Waals surface area contributed by atoms with Crippen LogP contribution in [0.5, 0.6) is 0 Å². The van der Waals surface area contributed by atoms with Gasteiger partial charge in [-0.2, -0.15) is 4.31 Å². The lowest BCUT2D eigenvalue weighted by Crippen LogP contribution is -2.34. The van der Waals surface area contributed by atoms with Crippen LogP contribution in [0.1, 0.15) is 48.9 Å². The molecule has 1 amide bonds. The zero-order valence-electron chi connectivity index (χ0n) is 25.9. The van der Waals surface area contributed by atoms with Crippen molar-refractivity contribution in [3.05, 3.63) is 58.0 Å². The second-order valence-electron chi connectivity index (χ2n) is 11.1. The van der Waals surface area contributed by atoms with E-state index in [0.717, 1.165) is 57.9 Å². The van der Waals surface area contributed by atoms with E-state index in [4.69, 9.17) is 4.98 Å². The van der Waals surface area contributed by atoms with Crippen LogP contribution in [0.25, 0.3) is 28.2 Å². The number of rotatable bonds is 12. The quantitative estimate of drug-likeness (QED) is 0.197. The van der Waals surface area contributed by atoms with Crippen LogP contribution in [0.4, 0.5) is 5.69 Å². The van der Waals surface area contributed by atoms with Crippen molar-refractivity contribution < 1.29 is 13.2 Å². The van der Waals surface area contributed by atoms with Gasteiger partial charge in [-0.15, -0.1) is 0 Å². The molecule has 0 radical (unpaired) electrons. The summed E-state index contributed by atoms with van der Waals surface area (Å²) in [5, 5.41) is 6.58. The Balaban J connectivity index is 1.39. The van der Waals surface area contributed by atoms with E-state index >= 15 is 0 Å². The highest BCUT2D eigenvalue weighted by atomic mass is 79.9. The van der Waals surface area contributed by atoms with Crippen LogP contribution in [0.2, 0.25) is 0 Å².